The van der Waals surface area contributed by atoms with E-state index in [0.29, 0.717) is 28.6 Å². The van der Waals surface area contributed by atoms with Crippen molar-refractivity contribution in [1.82, 2.24) is 14.8 Å². The number of nitrogens with one attached hydrogen (secondary N) is 1. The molecule has 0 radical (unpaired) electrons. The molecule has 33 heavy (non-hydrogen) atoms. The number of amides is 1. The highest BCUT2D eigenvalue weighted by Crippen LogP contribution is 2.38. The van der Waals surface area contributed by atoms with Gasteiger partial charge in [0.15, 0.2) is 23.0 Å². The van der Waals surface area contributed by atoms with Gasteiger partial charge in [-0.05, 0) is 37.1 Å². The van der Waals surface area contributed by atoms with Crippen molar-refractivity contribution in [2.45, 2.75) is 33.2 Å². The molecule has 0 saturated heterocycles. The highest BCUT2D eigenvalue weighted by Gasteiger charge is 2.20. The fraction of sp³-hybridized carbons (Fsp3) is 0.320. The van der Waals surface area contributed by atoms with Crippen LogP contribution < -0.4 is 19.5 Å². The summed E-state index contributed by atoms with van der Waals surface area (Å²) in [6.07, 6.45) is 1.99. The molecule has 0 fully saturated rings. The molecule has 2 aromatic carbocycles. The van der Waals surface area contributed by atoms with Crippen molar-refractivity contribution >= 4 is 33.7 Å². The molecule has 0 atom stereocenters. The average molecular weight is 449 g/mol. The first-order chi connectivity index (χ1) is 16.0. The van der Waals surface area contributed by atoms with Gasteiger partial charge < -0.3 is 19.5 Å². The number of unbranched alkanes of at least 4 members (excludes halogenated alkanes) is 1. The zero-order valence-electron chi connectivity index (χ0n) is 19.6. The summed E-state index contributed by atoms with van der Waals surface area (Å²) in [5, 5.41) is 9.45. The maximum atomic E-state index is 13.2. The van der Waals surface area contributed by atoms with Crippen LogP contribution in [0.1, 0.15) is 35.7 Å². The van der Waals surface area contributed by atoms with Gasteiger partial charge in [0.25, 0.3) is 5.91 Å². The molecule has 4 rings (SSSR count). The lowest BCUT2D eigenvalue weighted by atomic mass is 10.1. The molecule has 8 nitrogen and oxygen atoms in total. The molecule has 0 bridgehead atoms. The molecule has 2 aromatic heterocycles. The number of para-hydroxylation sites is 1. The number of carbonyl (C=O) groups excluding carboxylic acids is 1. The SMILES string of the molecule is CCCCn1nc(NC(=O)c2cc(OC)c(OC)c(OC)c2)c2cc3cccc(C)c3nc21. The summed E-state index contributed by atoms with van der Waals surface area (Å²) < 4.78 is 18.0. The Labute approximate surface area is 192 Å². The Morgan fingerprint density at radius 2 is 1.79 bits per heavy atom. The zero-order chi connectivity index (χ0) is 23.5. The van der Waals surface area contributed by atoms with Crippen molar-refractivity contribution in [3.63, 3.8) is 0 Å². The van der Waals surface area contributed by atoms with Gasteiger partial charge in [-0.25, -0.2) is 9.67 Å². The van der Waals surface area contributed by atoms with Crippen LogP contribution in [-0.2, 0) is 6.54 Å². The van der Waals surface area contributed by atoms with E-state index in [2.05, 4.69) is 12.2 Å². The third-order valence-corrected chi connectivity index (χ3v) is 5.63. The lowest BCUT2D eigenvalue weighted by Crippen LogP contribution is -2.13. The fourth-order valence-corrected chi connectivity index (χ4v) is 3.88. The third kappa shape index (κ3) is 4.16. The summed E-state index contributed by atoms with van der Waals surface area (Å²) in [5.74, 6) is 1.38. The second kappa shape index (κ2) is 9.36. The van der Waals surface area contributed by atoms with Crippen molar-refractivity contribution in [3.05, 3.63) is 47.5 Å². The van der Waals surface area contributed by atoms with E-state index in [1.54, 1.807) is 12.1 Å². The Morgan fingerprint density at radius 1 is 1.06 bits per heavy atom. The molecular formula is C25H28N4O4. The summed E-state index contributed by atoms with van der Waals surface area (Å²) >= 11 is 0. The Hall–Kier alpha value is -3.81. The van der Waals surface area contributed by atoms with Crippen molar-refractivity contribution < 1.29 is 19.0 Å². The van der Waals surface area contributed by atoms with Crippen molar-refractivity contribution in [3.8, 4) is 17.2 Å². The van der Waals surface area contributed by atoms with Crippen molar-refractivity contribution in [2.24, 2.45) is 0 Å². The van der Waals surface area contributed by atoms with Crippen LogP contribution in [0.25, 0.3) is 21.9 Å². The molecular weight excluding hydrogens is 420 g/mol. The molecule has 0 aliphatic rings. The van der Waals surface area contributed by atoms with Crippen LogP contribution in [0.4, 0.5) is 5.82 Å². The minimum atomic E-state index is -0.333. The molecule has 8 heteroatoms. The van der Waals surface area contributed by atoms with E-state index in [9.17, 15) is 4.79 Å². The zero-order valence-corrected chi connectivity index (χ0v) is 19.6. The number of aryl methyl sites for hydroxylation is 2. The Morgan fingerprint density at radius 3 is 2.42 bits per heavy atom. The van der Waals surface area contributed by atoms with Crippen LogP contribution in [0.2, 0.25) is 0 Å². The van der Waals surface area contributed by atoms with Gasteiger partial charge in [-0.2, -0.15) is 5.10 Å². The average Bonchev–Trinajstić information content (AvgIpc) is 3.16. The number of hydrogen-bond donors (Lipinski definition) is 1. The first-order valence-corrected chi connectivity index (χ1v) is 10.9. The topological polar surface area (TPSA) is 87.5 Å². The summed E-state index contributed by atoms with van der Waals surface area (Å²) in [4.78, 5) is 18.1. The van der Waals surface area contributed by atoms with Crippen LogP contribution in [0, 0.1) is 6.92 Å². The van der Waals surface area contributed by atoms with Gasteiger partial charge in [0, 0.05) is 17.5 Å². The van der Waals surface area contributed by atoms with Gasteiger partial charge in [-0.3, -0.25) is 4.79 Å². The van der Waals surface area contributed by atoms with Crippen LogP contribution in [0.15, 0.2) is 36.4 Å². The Bertz CT molecular complexity index is 1300. The first kappa shape index (κ1) is 22.4. The van der Waals surface area contributed by atoms with Crippen LogP contribution in [-0.4, -0.2) is 42.0 Å². The first-order valence-electron chi connectivity index (χ1n) is 10.9. The van der Waals surface area contributed by atoms with E-state index in [1.807, 2.05) is 35.9 Å². The number of benzene rings is 2. The van der Waals surface area contributed by atoms with Gasteiger partial charge in [0.1, 0.15) is 0 Å². The smallest absolute Gasteiger partial charge is 0.257 e. The molecule has 172 valence electrons. The van der Waals surface area contributed by atoms with Gasteiger partial charge in [-0.15, -0.1) is 0 Å². The van der Waals surface area contributed by atoms with E-state index >= 15 is 0 Å². The lowest BCUT2D eigenvalue weighted by Gasteiger charge is -2.13. The van der Waals surface area contributed by atoms with Crippen molar-refractivity contribution in [1.29, 1.82) is 0 Å². The third-order valence-electron chi connectivity index (χ3n) is 5.63. The maximum absolute atomic E-state index is 13.2. The molecule has 1 N–H and O–H groups in total. The monoisotopic (exact) mass is 448 g/mol. The highest BCUT2D eigenvalue weighted by molar-refractivity contribution is 6.09. The molecule has 4 aromatic rings. The molecule has 0 aliphatic heterocycles. The second-order valence-corrected chi connectivity index (χ2v) is 7.80. The normalized spacial score (nSPS) is 11.1. The quantitative estimate of drug-likeness (QED) is 0.409. The van der Waals surface area contributed by atoms with Crippen LogP contribution in [0.3, 0.4) is 0 Å². The number of carbonyl (C=O) groups is 1. The standard InChI is InChI=1S/C25H28N4O4/c1-6-7-11-29-24-18(12-16-10-8-9-15(2)21(16)26-24)23(28-29)27-25(30)17-13-19(31-3)22(33-5)20(14-17)32-4/h8-10,12-14H,6-7,11H2,1-5H3,(H,27,28,30). The second-order valence-electron chi connectivity index (χ2n) is 7.80. The summed E-state index contributed by atoms with van der Waals surface area (Å²) in [6, 6.07) is 11.3. The number of ether oxygens (including phenoxy) is 3. The number of hydrogen-bond acceptors (Lipinski definition) is 6. The van der Waals surface area contributed by atoms with E-state index in [4.69, 9.17) is 24.3 Å². The summed E-state index contributed by atoms with van der Waals surface area (Å²) in [6.45, 7) is 4.89. The molecule has 0 saturated carbocycles. The molecule has 1 amide bonds. The summed E-state index contributed by atoms with van der Waals surface area (Å²) in [5.41, 5.74) is 3.15. The Balaban J connectivity index is 1.79. The van der Waals surface area contributed by atoms with Gasteiger partial charge in [0.05, 0.1) is 32.2 Å². The number of fused-ring (bicyclic) bond motifs is 2. The fourth-order valence-electron chi connectivity index (χ4n) is 3.88. The number of aromatic nitrogens is 3. The number of pyridine rings is 1. The lowest BCUT2D eigenvalue weighted by molar-refractivity contribution is 0.102. The molecule has 0 unspecified atom stereocenters. The minimum Gasteiger partial charge on any atom is -0.493 e. The molecule has 0 spiro atoms. The molecule has 2 heterocycles. The van der Waals surface area contributed by atoms with Gasteiger partial charge in [0.2, 0.25) is 5.75 Å². The number of nitrogens with zero attached hydrogens (tertiary/aromatic N) is 3. The van der Waals surface area contributed by atoms with Gasteiger partial charge in [-0.1, -0.05) is 31.5 Å². The predicted octanol–water partition coefficient (Wildman–Crippen LogP) is 4.97. The van der Waals surface area contributed by atoms with Crippen LogP contribution in [0.5, 0.6) is 17.2 Å². The number of rotatable bonds is 8. The van der Waals surface area contributed by atoms with Crippen molar-refractivity contribution in [2.75, 3.05) is 26.6 Å². The van der Waals surface area contributed by atoms with E-state index < -0.39 is 0 Å². The highest BCUT2D eigenvalue weighted by atomic mass is 16.5. The predicted molar refractivity (Wildman–Crippen MR) is 129 cm³/mol. The number of methoxy groups -OCH3 is 3. The van der Waals surface area contributed by atoms with E-state index in [1.165, 1.54) is 21.3 Å². The molecule has 0 aliphatic carbocycles. The summed E-state index contributed by atoms with van der Waals surface area (Å²) in [7, 11) is 4.55. The largest absolute Gasteiger partial charge is 0.493 e. The maximum Gasteiger partial charge on any atom is 0.257 e. The van der Waals surface area contributed by atoms with E-state index in [-0.39, 0.29) is 5.91 Å². The van der Waals surface area contributed by atoms with Crippen LogP contribution >= 0.6 is 0 Å². The number of anilines is 1. The minimum absolute atomic E-state index is 0.333. The van der Waals surface area contributed by atoms with E-state index in [0.717, 1.165) is 46.9 Å². The van der Waals surface area contributed by atoms with Gasteiger partial charge >= 0.3 is 0 Å². The Kier molecular flexibility index (Phi) is 6.35.